The van der Waals surface area contributed by atoms with Gasteiger partial charge in [0.2, 0.25) is 0 Å². The zero-order valence-electron chi connectivity index (χ0n) is 11.1. The van der Waals surface area contributed by atoms with Crippen molar-refractivity contribution >= 4 is 23.5 Å². The van der Waals surface area contributed by atoms with Crippen LogP contribution < -0.4 is 0 Å². The number of carboxylic acids is 1. The molecule has 1 saturated heterocycles. The Bertz CT molecular complexity index is 499. The number of carbonyl (C=O) groups excluding carboxylic acids is 1. The second kappa shape index (κ2) is 6.70. The van der Waals surface area contributed by atoms with Gasteiger partial charge in [0.25, 0.3) is 5.91 Å². The fourth-order valence-electron chi connectivity index (χ4n) is 2.46. The molecule has 0 radical (unpaired) electrons. The molecule has 2 rings (SSSR count). The highest BCUT2D eigenvalue weighted by atomic mass is 35.5. The molecule has 108 valence electrons. The number of aliphatic carboxylic acids is 1. The second-order valence-corrected chi connectivity index (χ2v) is 5.43. The number of nitrogens with zero attached hydrogens (tertiary/aromatic N) is 2. The van der Waals surface area contributed by atoms with E-state index in [1.54, 1.807) is 17.2 Å². The van der Waals surface area contributed by atoms with Gasteiger partial charge in [-0.2, -0.15) is 0 Å². The molecule has 0 saturated carbocycles. The first-order valence-electron chi connectivity index (χ1n) is 6.68. The van der Waals surface area contributed by atoms with E-state index in [1.165, 1.54) is 6.20 Å². The monoisotopic (exact) mass is 296 g/mol. The summed E-state index contributed by atoms with van der Waals surface area (Å²) in [5.41, 5.74) is 0.429. The molecule has 1 aromatic rings. The number of hydrogen-bond acceptors (Lipinski definition) is 3. The lowest BCUT2D eigenvalue weighted by molar-refractivity contribution is -0.137. The predicted octanol–water partition coefficient (Wildman–Crippen LogP) is 2.45. The quantitative estimate of drug-likeness (QED) is 0.926. The van der Waals surface area contributed by atoms with Crippen LogP contribution in [0, 0.1) is 5.92 Å². The molecule has 1 aliphatic rings. The molecule has 0 aromatic carbocycles. The Morgan fingerprint density at radius 2 is 2.10 bits per heavy atom. The van der Waals surface area contributed by atoms with Crippen molar-refractivity contribution in [3.8, 4) is 0 Å². The normalized spacial score (nSPS) is 16.1. The van der Waals surface area contributed by atoms with Crippen LogP contribution in [0.3, 0.4) is 0 Å². The van der Waals surface area contributed by atoms with Crippen LogP contribution in [0.4, 0.5) is 0 Å². The first-order chi connectivity index (χ1) is 9.58. The van der Waals surface area contributed by atoms with E-state index in [2.05, 4.69) is 4.98 Å². The fourth-order valence-corrected chi connectivity index (χ4v) is 2.64. The van der Waals surface area contributed by atoms with Gasteiger partial charge in [-0.15, -0.1) is 0 Å². The number of halogens is 1. The number of hydrogen-bond donors (Lipinski definition) is 1. The van der Waals surface area contributed by atoms with Crippen molar-refractivity contribution < 1.29 is 14.7 Å². The summed E-state index contributed by atoms with van der Waals surface area (Å²) in [6.07, 6.45) is 5.62. The molecule has 2 heterocycles. The van der Waals surface area contributed by atoms with E-state index in [0.29, 0.717) is 36.0 Å². The highest BCUT2D eigenvalue weighted by Crippen LogP contribution is 2.24. The molecule has 1 aromatic heterocycles. The van der Waals surface area contributed by atoms with Gasteiger partial charge in [0.15, 0.2) is 0 Å². The summed E-state index contributed by atoms with van der Waals surface area (Å²) in [5.74, 6) is -0.468. The van der Waals surface area contributed by atoms with E-state index in [0.717, 1.165) is 12.8 Å². The molecule has 0 atom stereocenters. The lowest BCUT2D eigenvalue weighted by Gasteiger charge is -2.32. The molecule has 0 aliphatic carbocycles. The summed E-state index contributed by atoms with van der Waals surface area (Å²) in [6, 6.07) is 1.61. The Labute approximate surface area is 122 Å². The van der Waals surface area contributed by atoms with Gasteiger partial charge in [-0.1, -0.05) is 11.6 Å². The minimum absolute atomic E-state index is 0.0974. The van der Waals surface area contributed by atoms with Crippen molar-refractivity contribution in [2.24, 2.45) is 5.92 Å². The van der Waals surface area contributed by atoms with E-state index in [-0.39, 0.29) is 12.3 Å². The maximum atomic E-state index is 12.3. The van der Waals surface area contributed by atoms with E-state index in [9.17, 15) is 9.59 Å². The number of pyridine rings is 1. The van der Waals surface area contributed by atoms with E-state index < -0.39 is 5.97 Å². The van der Waals surface area contributed by atoms with Crippen molar-refractivity contribution in [1.82, 2.24) is 9.88 Å². The number of amides is 1. The summed E-state index contributed by atoms with van der Waals surface area (Å²) in [6.45, 7) is 1.29. The summed E-state index contributed by atoms with van der Waals surface area (Å²) in [5, 5.41) is 9.09. The van der Waals surface area contributed by atoms with Crippen molar-refractivity contribution in [2.75, 3.05) is 13.1 Å². The molecule has 1 aliphatic heterocycles. The molecular formula is C14H17ClN2O3. The highest BCUT2D eigenvalue weighted by molar-refractivity contribution is 6.33. The molecular weight excluding hydrogens is 280 g/mol. The van der Waals surface area contributed by atoms with Crippen LogP contribution in [0.1, 0.15) is 36.0 Å². The van der Waals surface area contributed by atoms with Gasteiger partial charge in [0, 0.05) is 31.9 Å². The predicted molar refractivity (Wildman–Crippen MR) is 74.7 cm³/mol. The first kappa shape index (κ1) is 14.8. The largest absolute Gasteiger partial charge is 0.481 e. The summed E-state index contributed by atoms with van der Waals surface area (Å²) >= 11 is 6.00. The van der Waals surface area contributed by atoms with E-state index >= 15 is 0 Å². The Balaban J connectivity index is 1.89. The second-order valence-electron chi connectivity index (χ2n) is 5.02. The van der Waals surface area contributed by atoms with Gasteiger partial charge in [0.1, 0.15) is 0 Å². The molecule has 0 spiro atoms. The van der Waals surface area contributed by atoms with Crippen LogP contribution in [0.25, 0.3) is 0 Å². The third kappa shape index (κ3) is 3.70. The molecule has 1 fully saturated rings. The Kier molecular flexibility index (Phi) is 4.95. The van der Waals surface area contributed by atoms with Crippen LogP contribution in [-0.4, -0.2) is 40.0 Å². The molecule has 0 bridgehead atoms. The summed E-state index contributed by atoms with van der Waals surface area (Å²) < 4.78 is 0. The van der Waals surface area contributed by atoms with Crippen LogP contribution in [0.15, 0.2) is 18.5 Å². The third-order valence-corrected chi connectivity index (χ3v) is 4.00. The summed E-state index contributed by atoms with van der Waals surface area (Å²) in [4.78, 5) is 28.5. The Morgan fingerprint density at radius 3 is 2.70 bits per heavy atom. The van der Waals surface area contributed by atoms with Gasteiger partial charge in [-0.05, 0) is 31.2 Å². The Hall–Kier alpha value is -1.62. The first-order valence-corrected chi connectivity index (χ1v) is 7.06. The van der Waals surface area contributed by atoms with Crippen molar-refractivity contribution in [2.45, 2.75) is 25.7 Å². The smallest absolute Gasteiger partial charge is 0.303 e. The van der Waals surface area contributed by atoms with E-state index in [4.69, 9.17) is 16.7 Å². The average molecular weight is 297 g/mol. The Morgan fingerprint density at radius 1 is 1.40 bits per heavy atom. The molecule has 1 amide bonds. The minimum Gasteiger partial charge on any atom is -0.481 e. The van der Waals surface area contributed by atoms with Crippen LogP contribution in [0.2, 0.25) is 5.02 Å². The van der Waals surface area contributed by atoms with Gasteiger partial charge >= 0.3 is 5.97 Å². The molecule has 20 heavy (non-hydrogen) atoms. The van der Waals surface area contributed by atoms with Gasteiger partial charge in [0.05, 0.1) is 10.6 Å². The number of carbonyl (C=O) groups is 2. The maximum Gasteiger partial charge on any atom is 0.303 e. The maximum absolute atomic E-state index is 12.3. The topological polar surface area (TPSA) is 70.5 Å². The highest BCUT2D eigenvalue weighted by Gasteiger charge is 2.25. The molecule has 1 N–H and O–H groups in total. The number of rotatable bonds is 4. The van der Waals surface area contributed by atoms with Crippen molar-refractivity contribution in [1.29, 1.82) is 0 Å². The zero-order valence-corrected chi connectivity index (χ0v) is 11.8. The van der Waals surface area contributed by atoms with Crippen LogP contribution >= 0.6 is 11.6 Å². The number of carboxylic acid groups (broad SMARTS) is 1. The molecule has 5 nitrogen and oxygen atoms in total. The minimum atomic E-state index is -0.759. The fraction of sp³-hybridized carbons (Fsp3) is 0.500. The molecule has 0 unspecified atom stereocenters. The number of aromatic nitrogens is 1. The SMILES string of the molecule is O=C(O)CCC1CCN(C(=O)c2cnccc2Cl)CC1. The number of likely N-dealkylation sites (tertiary alicyclic amines) is 1. The van der Waals surface area contributed by atoms with Crippen molar-refractivity contribution in [3.63, 3.8) is 0 Å². The average Bonchev–Trinajstić information content (AvgIpc) is 2.45. The zero-order chi connectivity index (χ0) is 14.5. The van der Waals surface area contributed by atoms with Gasteiger partial charge in [-0.25, -0.2) is 0 Å². The third-order valence-electron chi connectivity index (χ3n) is 3.67. The lowest BCUT2D eigenvalue weighted by Crippen LogP contribution is -2.38. The summed E-state index contributed by atoms with van der Waals surface area (Å²) in [7, 11) is 0. The number of piperidine rings is 1. The van der Waals surface area contributed by atoms with Gasteiger partial charge < -0.3 is 10.0 Å². The standard InChI is InChI=1S/C14H17ClN2O3/c15-12-3-6-16-9-11(12)14(20)17-7-4-10(5-8-17)1-2-13(18)19/h3,6,9-10H,1-2,4-5,7-8H2,(H,18,19). The van der Waals surface area contributed by atoms with Gasteiger partial charge in [-0.3, -0.25) is 14.6 Å². The van der Waals surface area contributed by atoms with Crippen molar-refractivity contribution in [3.05, 3.63) is 29.0 Å². The van der Waals surface area contributed by atoms with E-state index in [1.807, 2.05) is 0 Å². The van der Waals surface area contributed by atoms with Crippen LogP contribution in [0.5, 0.6) is 0 Å². The lowest BCUT2D eigenvalue weighted by atomic mass is 9.92. The van der Waals surface area contributed by atoms with Crippen LogP contribution in [-0.2, 0) is 4.79 Å². The molecule has 6 heteroatoms.